The number of nitrogens with one attached hydrogen (secondary N) is 1. The van der Waals surface area contributed by atoms with Gasteiger partial charge >= 0.3 is 5.97 Å². The van der Waals surface area contributed by atoms with Gasteiger partial charge in [-0.25, -0.2) is 4.79 Å². The van der Waals surface area contributed by atoms with Gasteiger partial charge < -0.3 is 15.0 Å². The third-order valence-corrected chi connectivity index (χ3v) is 4.24. The van der Waals surface area contributed by atoms with Gasteiger partial charge in [-0.05, 0) is 31.0 Å². The summed E-state index contributed by atoms with van der Waals surface area (Å²) in [4.78, 5) is 37.1. The minimum Gasteiger partial charge on any atom is -0.465 e. The van der Waals surface area contributed by atoms with Crippen molar-refractivity contribution >= 4 is 23.5 Å². The highest BCUT2D eigenvalue weighted by atomic mass is 16.5. The normalized spacial score (nSPS) is 14.2. The summed E-state index contributed by atoms with van der Waals surface area (Å²) in [6.07, 6.45) is 4.61. The summed E-state index contributed by atoms with van der Waals surface area (Å²) in [6, 6.07) is 6.92. The molecular formula is C18H24N2O4. The average Bonchev–Trinajstić information content (AvgIpc) is 3.07. The maximum Gasteiger partial charge on any atom is 0.337 e. The number of ether oxygens (including phenoxy) is 1. The Morgan fingerprint density at radius 1 is 1.25 bits per heavy atom. The molecule has 0 spiro atoms. The first-order valence-corrected chi connectivity index (χ1v) is 8.27. The Balaban J connectivity index is 2.00. The second-order valence-electron chi connectivity index (χ2n) is 6.01. The van der Waals surface area contributed by atoms with Gasteiger partial charge in [0.2, 0.25) is 11.8 Å². The van der Waals surface area contributed by atoms with Crippen molar-refractivity contribution in [2.24, 2.45) is 0 Å². The summed E-state index contributed by atoms with van der Waals surface area (Å²) in [5.74, 6) is -0.678. The van der Waals surface area contributed by atoms with E-state index >= 15 is 0 Å². The van der Waals surface area contributed by atoms with Gasteiger partial charge in [-0.1, -0.05) is 18.9 Å². The Kier molecular flexibility index (Phi) is 6.35. The molecule has 0 aromatic heterocycles. The van der Waals surface area contributed by atoms with Crippen LogP contribution >= 0.6 is 0 Å². The zero-order valence-corrected chi connectivity index (χ0v) is 14.2. The van der Waals surface area contributed by atoms with Crippen molar-refractivity contribution in [1.29, 1.82) is 0 Å². The lowest BCUT2D eigenvalue weighted by Gasteiger charge is -2.22. The molecule has 1 aliphatic rings. The fraction of sp³-hybridized carbons (Fsp3) is 0.500. The van der Waals surface area contributed by atoms with Crippen LogP contribution in [0, 0.1) is 0 Å². The first-order chi connectivity index (χ1) is 11.5. The summed E-state index contributed by atoms with van der Waals surface area (Å²) in [5, 5.41) is 3.01. The lowest BCUT2D eigenvalue weighted by atomic mass is 10.1. The van der Waals surface area contributed by atoms with E-state index in [1.54, 1.807) is 24.3 Å². The highest BCUT2D eigenvalue weighted by Gasteiger charge is 2.19. The van der Waals surface area contributed by atoms with Gasteiger partial charge in [-0.15, -0.1) is 0 Å². The zero-order valence-electron chi connectivity index (χ0n) is 14.2. The Morgan fingerprint density at radius 3 is 2.58 bits per heavy atom. The average molecular weight is 332 g/mol. The molecule has 0 radical (unpaired) electrons. The Morgan fingerprint density at radius 2 is 1.96 bits per heavy atom. The molecule has 24 heavy (non-hydrogen) atoms. The van der Waals surface area contributed by atoms with Crippen molar-refractivity contribution in [2.45, 2.75) is 45.1 Å². The molecule has 1 aromatic rings. The summed E-state index contributed by atoms with van der Waals surface area (Å²) < 4.78 is 4.70. The van der Waals surface area contributed by atoms with Crippen LogP contribution in [0.4, 0.5) is 5.69 Å². The number of nitrogens with zero attached hydrogens (tertiary/aromatic N) is 1. The van der Waals surface area contributed by atoms with Gasteiger partial charge in [0.15, 0.2) is 0 Å². The lowest BCUT2D eigenvalue weighted by Crippen LogP contribution is -2.37. The minimum atomic E-state index is -0.459. The molecule has 1 aliphatic carbocycles. The van der Waals surface area contributed by atoms with Gasteiger partial charge in [0.25, 0.3) is 0 Å². The van der Waals surface area contributed by atoms with E-state index in [0.717, 1.165) is 25.7 Å². The van der Waals surface area contributed by atoms with Gasteiger partial charge in [0.05, 0.1) is 12.7 Å². The summed E-state index contributed by atoms with van der Waals surface area (Å²) >= 11 is 0. The van der Waals surface area contributed by atoms with Crippen molar-refractivity contribution in [3.8, 4) is 0 Å². The van der Waals surface area contributed by atoms with Gasteiger partial charge in [0, 0.05) is 31.6 Å². The van der Waals surface area contributed by atoms with Crippen molar-refractivity contribution in [3.63, 3.8) is 0 Å². The third kappa shape index (κ3) is 4.81. The molecular weight excluding hydrogens is 308 g/mol. The highest BCUT2D eigenvalue weighted by Crippen LogP contribution is 2.19. The van der Waals surface area contributed by atoms with Gasteiger partial charge in [-0.3, -0.25) is 9.59 Å². The summed E-state index contributed by atoms with van der Waals surface area (Å²) in [7, 11) is 1.31. The van der Waals surface area contributed by atoms with Crippen LogP contribution in [0.15, 0.2) is 24.3 Å². The molecule has 0 bridgehead atoms. The van der Waals surface area contributed by atoms with Gasteiger partial charge in [-0.2, -0.15) is 0 Å². The molecule has 0 heterocycles. The first kappa shape index (κ1) is 18.0. The van der Waals surface area contributed by atoms with Crippen LogP contribution in [-0.2, 0) is 14.3 Å². The molecule has 6 nitrogen and oxygen atoms in total. The molecule has 0 aliphatic heterocycles. The van der Waals surface area contributed by atoms with Crippen LogP contribution in [0.2, 0.25) is 0 Å². The van der Waals surface area contributed by atoms with Crippen molar-refractivity contribution in [3.05, 3.63) is 29.8 Å². The first-order valence-electron chi connectivity index (χ1n) is 8.27. The van der Waals surface area contributed by atoms with Crippen LogP contribution in [0.3, 0.4) is 0 Å². The SMILES string of the molecule is COC(=O)c1cccc(N(CCC(=O)NC2CCCC2)C(C)=O)c1. The highest BCUT2D eigenvalue weighted by molar-refractivity contribution is 5.95. The number of methoxy groups -OCH3 is 1. The lowest BCUT2D eigenvalue weighted by molar-refractivity contribution is -0.121. The van der Waals surface area contributed by atoms with Crippen molar-refractivity contribution in [1.82, 2.24) is 5.32 Å². The molecule has 1 aromatic carbocycles. The quantitative estimate of drug-likeness (QED) is 0.811. The van der Waals surface area contributed by atoms with Crippen LogP contribution < -0.4 is 10.2 Å². The van der Waals surface area contributed by atoms with E-state index in [2.05, 4.69) is 5.32 Å². The molecule has 0 atom stereocenters. The summed E-state index contributed by atoms with van der Waals surface area (Å²) in [5.41, 5.74) is 0.954. The van der Waals surface area contributed by atoms with Crippen molar-refractivity contribution in [2.75, 3.05) is 18.6 Å². The minimum absolute atomic E-state index is 0.0442. The Hall–Kier alpha value is -2.37. The predicted octanol–water partition coefficient (Wildman–Crippen LogP) is 2.28. The molecule has 1 N–H and O–H groups in total. The molecule has 6 heteroatoms. The molecule has 2 amide bonds. The number of esters is 1. The van der Waals surface area contributed by atoms with Crippen LogP contribution in [0.1, 0.15) is 49.4 Å². The molecule has 1 saturated carbocycles. The molecule has 1 fully saturated rings. The molecule has 2 rings (SSSR count). The van der Waals surface area contributed by atoms with E-state index in [9.17, 15) is 14.4 Å². The maximum atomic E-state index is 12.1. The fourth-order valence-corrected chi connectivity index (χ4v) is 2.97. The molecule has 0 saturated heterocycles. The number of benzene rings is 1. The number of rotatable bonds is 6. The standard InChI is InChI=1S/C18H24N2O4/c1-13(21)20(11-10-17(22)19-15-7-3-4-8-15)16-9-5-6-14(12-16)18(23)24-2/h5-6,9,12,15H,3-4,7-8,10-11H2,1-2H3,(H,19,22). The number of carbonyl (C=O) groups is 3. The predicted molar refractivity (Wildman–Crippen MR) is 90.8 cm³/mol. The van der Waals surface area contributed by atoms with Gasteiger partial charge in [0.1, 0.15) is 0 Å². The maximum absolute atomic E-state index is 12.1. The van der Waals surface area contributed by atoms with Crippen molar-refractivity contribution < 1.29 is 19.1 Å². The molecule has 0 unspecified atom stereocenters. The van der Waals surface area contributed by atoms with Crippen LogP contribution in [-0.4, -0.2) is 37.5 Å². The van der Waals surface area contributed by atoms with E-state index < -0.39 is 5.97 Å². The number of hydrogen-bond donors (Lipinski definition) is 1. The topological polar surface area (TPSA) is 75.7 Å². The molecule has 130 valence electrons. The van der Waals surface area contributed by atoms with E-state index in [0.29, 0.717) is 11.3 Å². The van der Waals surface area contributed by atoms with E-state index in [-0.39, 0.29) is 30.8 Å². The number of hydrogen-bond acceptors (Lipinski definition) is 4. The monoisotopic (exact) mass is 332 g/mol. The smallest absolute Gasteiger partial charge is 0.337 e. The Bertz CT molecular complexity index is 609. The van der Waals surface area contributed by atoms with E-state index in [4.69, 9.17) is 4.74 Å². The second kappa shape index (κ2) is 8.47. The number of anilines is 1. The number of carbonyl (C=O) groups excluding carboxylic acids is 3. The van der Waals surface area contributed by atoms with Crippen LogP contribution in [0.5, 0.6) is 0 Å². The second-order valence-corrected chi connectivity index (χ2v) is 6.01. The summed E-state index contributed by atoms with van der Waals surface area (Å²) in [6.45, 7) is 1.72. The zero-order chi connectivity index (χ0) is 17.5. The third-order valence-electron chi connectivity index (χ3n) is 4.24. The van der Waals surface area contributed by atoms with E-state index in [1.165, 1.54) is 18.9 Å². The van der Waals surface area contributed by atoms with E-state index in [1.807, 2.05) is 0 Å². The van der Waals surface area contributed by atoms with Crippen LogP contribution in [0.25, 0.3) is 0 Å². The fourth-order valence-electron chi connectivity index (χ4n) is 2.97. The Labute approximate surface area is 142 Å². The largest absolute Gasteiger partial charge is 0.465 e. The number of amides is 2.